The minimum atomic E-state index is -4.24. The summed E-state index contributed by atoms with van der Waals surface area (Å²) < 4.78 is 42.7. The van der Waals surface area contributed by atoms with Gasteiger partial charge in [-0.3, -0.25) is 0 Å². The van der Waals surface area contributed by atoms with Gasteiger partial charge in [-0.25, -0.2) is 4.90 Å². The maximum Gasteiger partial charge on any atom is 0.460 e. The summed E-state index contributed by atoms with van der Waals surface area (Å²) in [6.45, 7) is 0.873. The zero-order chi connectivity index (χ0) is 11.3. The molecule has 1 heterocycles. The molecule has 0 amide bonds. The number of alkyl halides is 3. The quantitative estimate of drug-likeness (QED) is 0.580. The number of nitrogens with zero attached hydrogens (tertiary/aromatic N) is 1. The van der Waals surface area contributed by atoms with Gasteiger partial charge in [0, 0.05) is 19.1 Å². The molecule has 1 atom stereocenters. The third kappa shape index (κ3) is 3.96. The SMILES string of the molecule is NCCOC[C@H]1CCCCN1C(F)(F)F. The highest BCUT2D eigenvalue weighted by Gasteiger charge is 2.42. The lowest BCUT2D eigenvalue weighted by Gasteiger charge is -2.36. The molecule has 2 N–H and O–H groups in total. The van der Waals surface area contributed by atoms with Crippen LogP contribution in [0.1, 0.15) is 19.3 Å². The first-order valence-corrected chi connectivity index (χ1v) is 5.17. The molecular weight excluding hydrogens is 209 g/mol. The minimum Gasteiger partial charge on any atom is -0.379 e. The molecule has 0 aromatic rings. The van der Waals surface area contributed by atoms with Crippen LogP contribution in [0, 0.1) is 0 Å². The average Bonchev–Trinajstić information content (AvgIpc) is 2.17. The molecular formula is C9H17F3N2O. The Kier molecular flexibility index (Phi) is 4.82. The molecule has 1 rings (SSSR count). The highest BCUT2D eigenvalue weighted by molar-refractivity contribution is 4.78. The van der Waals surface area contributed by atoms with E-state index >= 15 is 0 Å². The summed E-state index contributed by atoms with van der Waals surface area (Å²) >= 11 is 0. The van der Waals surface area contributed by atoms with E-state index in [1.807, 2.05) is 0 Å². The van der Waals surface area contributed by atoms with Gasteiger partial charge in [-0.1, -0.05) is 6.42 Å². The van der Waals surface area contributed by atoms with Crippen LogP contribution >= 0.6 is 0 Å². The highest BCUT2D eigenvalue weighted by Crippen LogP contribution is 2.29. The van der Waals surface area contributed by atoms with Gasteiger partial charge in [-0.05, 0) is 12.8 Å². The number of hydrogen-bond donors (Lipinski definition) is 1. The number of piperidine rings is 1. The second kappa shape index (κ2) is 5.67. The van der Waals surface area contributed by atoms with E-state index in [1.165, 1.54) is 0 Å². The molecule has 1 aliphatic rings. The van der Waals surface area contributed by atoms with Crippen molar-refractivity contribution < 1.29 is 17.9 Å². The molecule has 6 heteroatoms. The van der Waals surface area contributed by atoms with E-state index in [9.17, 15) is 13.2 Å². The second-order valence-electron chi connectivity index (χ2n) is 3.67. The molecule has 90 valence electrons. The fourth-order valence-corrected chi connectivity index (χ4v) is 1.81. The molecule has 1 fully saturated rings. The Labute approximate surface area is 87.4 Å². The second-order valence-corrected chi connectivity index (χ2v) is 3.67. The Morgan fingerprint density at radius 1 is 1.33 bits per heavy atom. The fourth-order valence-electron chi connectivity index (χ4n) is 1.81. The van der Waals surface area contributed by atoms with E-state index in [1.54, 1.807) is 0 Å². The number of hydrogen-bond acceptors (Lipinski definition) is 3. The number of halogens is 3. The average molecular weight is 226 g/mol. The Balaban J connectivity index is 2.43. The van der Waals surface area contributed by atoms with Crippen LogP contribution in [-0.2, 0) is 4.74 Å². The topological polar surface area (TPSA) is 38.5 Å². The smallest absolute Gasteiger partial charge is 0.379 e. The summed E-state index contributed by atoms with van der Waals surface area (Å²) in [4.78, 5) is 0.576. The Morgan fingerprint density at radius 2 is 2.07 bits per heavy atom. The van der Waals surface area contributed by atoms with E-state index in [4.69, 9.17) is 10.5 Å². The lowest BCUT2D eigenvalue weighted by Crippen LogP contribution is -2.50. The maximum atomic E-state index is 12.5. The summed E-state index contributed by atoms with van der Waals surface area (Å²) in [7, 11) is 0. The Bertz CT molecular complexity index is 187. The predicted molar refractivity (Wildman–Crippen MR) is 50.3 cm³/mol. The van der Waals surface area contributed by atoms with Crippen LogP contribution in [0.4, 0.5) is 13.2 Å². The van der Waals surface area contributed by atoms with E-state index in [0.717, 1.165) is 6.42 Å². The van der Waals surface area contributed by atoms with Crippen LogP contribution in [0.2, 0.25) is 0 Å². The molecule has 15 heavy (non-hydrogen) atoms. The molecule has 0 spiro atoms. The number of ether oxygens (including phenoxy) is 1. The maximum absolute atomic E-state index is 12.5. The van der Waals surface area contributed by atoms with Gasteiger partial charge in [-0.2, -0.15) is 13.2 Å². The van der Waals surface area contributed by atoms with E-state index in [2.05, 4.69) is 0 Å². The zero-order valence-electron chi connectivity index (χ0n) is 8.59. The first kappa shape index (κ1) is 12.7. The molecule has 0 radical (unpaired) electrons. The summed E-state index contributed by atoms with van der Waals surface area (Å²) in [5.74, 6) is 0. The van der Waals surface area contributed by atoms with E-state index in [0.29, 0.717) is 30.9 Å². The molecule has 0 aromatic carbocycles. The van der Waals surface area contributed by atoms with Gasteiger partial charge in [0.15, 0.2) is 0 Å². The lowest BCUT2D eigenvalue weighted by molar-refractivity contribution is -0.267. The summed E-state index contributed by atoms with van der Waals surface area (Å²) in [5, 5.41) is 0. The Morgan fingerprint density at radius 3 is 2.67 bits per heavy atom. The standard InChI is InChI=1S/C9H17F3N2O/c10-9(11,12)14-5-2-1-3-8(14)7-15-6-4-13/h8H,1-7,13H2/t8-/m1/s1. The van der Waals surface area contributed by atoms with Crippen LogP contribution in [0.3, 0.4) is 0 Å². The first-order valence-electron chi connectivity index (χ1n) is 5.17. The highest BCUT2D eigenvalue weighted by atomic mass is 19.4. The third-order valence-electron chi connectivity index (χ3n) is 2.53. The summed E-state index contributed by atoms with van der Waals surface area (Å²) in [6, 6.07) is -0.537. The van der Waals surface area contributed by atoms with Gasteiger partial charge in [-0.15, -0.1) is 0 Å². The van der Waals surface area contributed by atoms with Crippen molar-refractivity contribution in [2.24, 2.45) is 5.73 Å². The monoisotopic (exact) mass is 226 g/mol. The molecule has 1 saturated heterocycles. The number of rotatable bonds is 4. The van der Waals surface area contributed by atoms with Crippen LogP contribution in [0.15, 0.2) is 0 Å². The van der Waals surface area contributed by atoms with Crippen LogP contribution < -0.4 is 5.73 Å². The lowest BCUT2D eigenvalue weighted by atomic mass is 10.0. The zero-order valence-corrected chi connectivity index (χ0v) is 8.59. The summed E-state index contributed by atoms with van der Waals surface area (Å²) in [6.07, 6.45) is -2.25. The van der Waals surface area contributed by atoms with E-state index < -0.39 is 12.3 Å². The van der Waals surface area contributed by atoms with Crippen molar-refractivity contribution in [2.45, 2.75) is 31.6 Å². The molecule has 3 nitrogen and oxygen atoms in total. The van der Waals surface area contributed by atoms with Crippen molar-refractivity contribution in [3.05, 3.63) is 0 Å². The third-order valence-corrected chi connectivity index (χ3v) is 2.53. The van der Waals surface area contributed by atoms with Crippen molar-refractivity contribution in [3.8, 4) is 0 Å². The van der Waals surface area contributed by atoms with Crippen molar-refractivity contribution in [1.82, 2.24) is 4.90 Å². The molecule has 0 aromatic heterocycles. The normalized spacial score (nSPS) is 24.4. The molecule has 0 unspecified atom stereocenters. The molecule has 0 saturated carbocycles. The predicted octanol–water partition coefficient (Wildman–Crippen LogP) is 1.34. The molecule has 0 bridgehead atoms. The van der Waals surface area contributed by atoms with Crippen molar-refractivity contribution >= 4 is 0 Å². The first-order chi connectivity index (χ1) is 7.05. The van der Waals surface area contributed by atoms with Gasteiger partial charge in [0.2, 0.25) is 0 Å². The van der Waals surface area contributed by atoms with Gasteiger partial charge in [0.05, 0.1) is 13.2 Å². The van der Waals surface area contributed by atoms with Crippen LogP contribution in [0.5, 0.6) is 0 Å². The fraction of sp³-hybridized carbons (Fsp3) is 1.00. The van der Waals surface area contributed by atoms with Gasteiger partial charge in [0.1, 0.15) is 0 Å². The molecule has 0 aliphatic carbocycles. The number of likely N-dealkylation sites (tertiary alicyclic amines) is 1. The largest absolute Gasteiger partial charge is 0.460 e. The van der Waals surface area contributed by atoms with Crippen molar-refractivity contribution in [3.63, 3.8) is 0 Å². The van der Waals surface area contributed by atoms with Gasteiger partial charge < -0.3 is 10.5 Å². The number of nitrogens with two attached hydrogens (primary N) is 1. The van der Waals surface area contributed by atoms with Crippen LogP contribution in [0.25, 0.3) is 0 Å². The van der Waals surface area contributed by atoms with Crippen LogP contribution in [-0.4, -0.2) is 43.5 Å². The van der Waals surface area contributed by atoms with Gasteiger partial charge in [0.25, 0.3) is 0 Å². The van der Waals surface area contributed by atoms with Crippen molar-refractivity contribution in [1.29, 1.82) is 0 Å². The summed E-state index contributed by atoms with van der Waals surface area (Å²) in [5.41, 5.74) is 5.20. The molecule has 1 aliphatic heterocycles. The van der Waals surface area contributed by atoms with E-state index in [-0.39, 0.29) is 13.2 Å². The Hall–Kier alpha value is -0.330. The minimum absolute atomic E-state index is 0.0835. The van der Waals surface area contributed by atoms with Gasteiger partial charge >= 0.3 is 6.30 Å². The van der Waals surface area contributed by atoms with Crippen molar-refractivity contribution in [2.75, 3.05) is 26.3 Å².